The zero-order valence-electron chi connectivity index (χ0n) is 5.81. The van der Waals surface area contributed by atoms with Gasteiger partial charge < -0.3 is 10.8 Å². The summed E-state index contributed by atoms with van der Waals surface area (Å²) < 4.78 is 29.1. The monoisotopic (exact) mass is 183 g/mol. The normalized spacial score (nSPS) is 17.4. The number of hydrogen-bond acceptors (Lipinski definition) is 4. The van der Waals surface area contributed by atoms with E-state index in [-0.39, 0.29) is 6.42 Å². The van der Waals surface area contributed by atoms with Crippen LogP contribution in [0.5, 0.6) is 0 Å². The van der Waals surface area contributed by atoms with Crippen LogP contribution in [0.15, 0.2) is 0 Å². The molecule has 0 saturated carbocycles. The maximum atomic E-state index is 10.4. The molecule has 0 aromatic rings. The van der Waals surface area contributed by atoms with Crippen LogP contribution >= 0.6 is 0 Å². The summed E-state index contributed by atoms with van der Waals surface area (Å²) in [7, 11) is -4.74. The molecule has 0 aliphatic heterocycles. The van der Waals surface area contributed by atoms with Crippen LogP contribution < -0.4 is 5.73 Å². The lowest BCUT2D eigenvalue weighted by molar-refractivity contribution is -0.140. The van der Waals surface area contributed by atoms with Gasteiger partial charge in [-0.15, -0.1) is 0 Å². The van der Waals surface area contributed by atoms with Crippen LogP contribution in [-0.4, -0.2) is 28.9 Å². The molecule has 1 atom stereocenters. The van der Waals surface area contributed by atoms with Crippen LogP contribution in [0.25, 0.3) is 0 Å². The largest absolute Gasteiger partial charge is 0.479 e. The second-order valence-corrected chi connectivity index (χ2v) is 3.70. The highest BCUT2D eigenvalue weighted by Crippen LogP contribution is 2.13. The summed E-state index contributed by atoms with van der Waals surface area (Å²) in [5.41, 5.74) is 4.88. The molecular formula is C4H9NO5S. The van der Waals surface area contributed by atoms with E-state index in [2.05, 4.69) is 0 Å². The third-order valence-corrected chi connectivity index (χ3v) is 2.73. The molecule has 6 nitrogen and oxygen atoms in total. The van der Waals surface area contributed by atoms with Gasteiger partial charge in [-0.3, -0.25) is 4.55 Å². The predicted molar refractivity (Wildman–Crippen MR) is 36.4 cm³/mol. The van der Waals surface area contributed by atoms with Crippen molar-refractivity contribution in [1.82, 2.24) is 0 Å². The lowest BCUT2D eigenvalue weighted by Crippen LogP contribution is -2.53. The molecule has 0 amide bonds. The minimum Gasteiger partial charge on any atom is -0.479 e. The van der Waals surface area contributed by atoms with Crippen molar-refractivity contribution in [3.05, 3.63) is 0 Å². The first-order chi connectivity index (χ1) is 4.75. The van der Waals surface area contributed by atoms with Crippen LogP contribution in [0.3, 0.4) is 0 Å². The molecule has 0 aliphatic rings. The molecule has 11 heavy (non-hydrogen) atoms. The Labute approximate surface area is 63.8 Å². The number of carbonyl (C=O) groups is 1. The van der Waals surface area contributed by atoms with Crippen molar-refractivity contribution in [2.24, 2.45) is 5.73 Å². The van der Waals surface area contributed by atoms with Gasteiger partial charge in [0.25, 0.3) is 10.1 Å². The van der Waals surface area contributed by atoms with Gasteiger partial charge in [0.2, 0.25) is 4.87 Å². The lowest BCUT2D eigenvalue weighted by Gasteiger charge is -2.18. The van der Waals surface area contributed by atoms with E-state index in [9.17, 15) is 13.2 Å². The molecule has 0 aliphatic carbocycles. The Hall–Kier alpha value is -0.660. The molecule has 7 heteroatoms. The SMILES string of the molecule is CCC(N)(C(=O)O)S(=O)(=O)O. The van der Waals surface area contributed by atoms with Crippen molar-refractivity contribution in [2.75, 3.05) is 0 Å². The molecule has 4 N–H and O–H groups in total. The van der Waals surface area contributed by atoms with E-state index in [1.54, 1.807) is 0 Å². The average molecular weight is 183 g/mol. The van der Waals surface area contributed by atoms with Gasteiger partial charge in [-0.1, -0.05) is 6.92 Å². The van der Waals surface area contributed by atoms with Crippen molar-refractivity contribution < 1.29 is 22.9 Å². The molecule has 0 rings (SSSR count). The summed E-state index contributed by atoms with van der Waals surface area (Å²) in [5.74, 6) is -1.76. The Kier molecular flexibility index (Phi) is 2.60. The first-order valence-corrected chi connectivity index (χ1v) is 4.19. The van der Waals surface area contributed by atoms with Gasteiger partial charge in [-0.25, -0.2) is 4.79 Å². The number of carboxylic acids is 1. The minimum atomic E-state index is -4.74. The Morgan fingerprint density at radius 3 is 2.00 bits per heavy atom. The van der Waals surface area contributed by atoms with Crippen molar-refractivity contribution in [3.8, 4) is 0 Å². The maximum absolute atomic E-state index is 10.4. The Morgan fingerprint density at radius 2 is 2.00 bits per heavy atom. The van der Waals surface area contributed by atoms with E-state index in [4.69, 9.17) is 15.4 Å². The second-order valence-electron chi connectivity index (χ2n) is 2.02. The van der Waals surface area contributed by atoms with Gasteiger partial charge in [0, 0.05) is 0 Å². The number of hydrogen-bond donors (Lipinski definition) is 3. The van der Waals surface area contributed by atoms with Gasteiger partial charge >= 0.3 is 5.97 Å². The molecule has 0 heterocycles. The molecule has 0 saturated heterocycles. The maximum Gasteiger partial charge on any atom is 0.342 e. The second kappa shape index (κ2) is 2.76. The lowest BCUT2D eigenvalue weighted by atomic mass is 10.2. The Balaban J connectivity index is 5.09. The van der Waals surface area contributed by atoms with Crippen LogP contribution in [-0.2, 0) is 14.9 Å². The summed E-state index contributed by atoms with van der Waals surface area (Å²) in [4.78, 5) is 7.66. The molecule has 0 aromatic heterocycles. The molecule has 0 radical (unpaired) electrons. The number of nitrogens with two attached hydrogens (primary N) is 1. The Bertz CT molecular complexity index is 258. The van der Waals surface area contributed by atoms with Crippen molar-refractivity contribution in [1.29, 1.82) is 0 Å². The summed E-state index contributed by atoms with van der Waals surface area (Å²) >= 11 is 0. The Morgan fingerprint density at radius 1 is 1.64 bits per heavy atom. The van der Waals surface area contributed by atoms with E-state index < -0.39 is 21.0 Å². The van der Waals surface area contributed by atoms with Crippen molar-refractivity contribution in [2.45, 2.75) is 18.2 Å². The number of rotatable bonds is 3. The summed E-state index contributed by atoms with van der Waals surface area (Å²) in [6, 6.07) is 0. The quantitative estimate of drug-likeness (QED) is 0.484. The molecule has 0 bridgehead atoms. The highest BCUT2D eigenvalue weighted by Gasteiger charge is 2.45. The van der Waals surface area contributed by atoms with Crippen molar-refractivity contribution >= 4 is 16.1 Å². The molecule has 0 aromatic carbocycles. The molecule has 0 spiro atoms. The van der Waals surface area contributed by atoms with Crippen LogP contribution in [0.1, 0.15) is 13.3 Å². The predicted octanol–water partition coefficient (Wildman–Crippen LogP) is -0.976. The standard InChI is InChI=1S/C4H9NO5S/c1-2-4(5,3(6)7)11(8,9)10/h2,5H2,1H3,(H,6,7)(H,8,9,10). The first-order valence-electron chi connectivity index (χ1n) is 2.75. The molecule has 0 fully saturated rings. The average Bonchev–Trinajstić information content (AvgIpc) is 1.83. The van der Waals surface area contributed by atoms with Gasteiger partial charge in [-0.05, 0) is 6.42 Å². The highest BCUT2D eigenvalue weighted by atomic mass is 32.2. The van der Waals surface area contributed by atoms with Gasteiger partial charge in [0.05, 0.1) is 0 Å². The fraction of sp³-hybridized carbons (Fsp3) is 0.750. The van der Waals surface area contributed by atoms with Gasteiger partial charge in [-0.2, -0.15) is 8.42 Å². The molecular weight excluding hydrogens is 174 g/mol. The summed E-state index contributed by atoms with van der Waals surface area (Å²) in [5, 5.41) is 8.30. The van der Waals surface area contributed by atoms with E-state index in [1.165, 1.54) is 6.92 Å². The highest BCUT2D eigenvalue weighted by molar-refractivity contribution is 7.88. The smallest absolute Gasteiger partial charge is 0.342 e. The third-order valence-electron chi connectivity index (χ3n) is 1.35. The molecule has 66 valence electrons. The zero-order valence-corrected chi connectivity index (χ0v) is 6.63. The zero-order chi connectivity index (χ0) is 9.28. The van der Waals surface area contributed by atoms with E-state index in [0.717, 1.165) is 0 Å². The topological polar surface area (TPSA) is 118 Å². The number of carboxylic acid groups (broad SMARTS) is 1. The fourth-order valence-electron chi connectivity index (χ4n) is 0.444. The van der Waals surface area contributed by atoms with Crippen LogP contribution in [0.2, 0.25) is 0 Å². The minimum absolute atomic E-state index is 0.388. The molecule has 1 unspecified atom stereocenters. The number of aliphatic carboxylic acids is 1. The first kappa shape index (κ1) is 10.3. The van der Waals surface area contributed by atoms with Crippen LogP contribution in [0, 0.1) is 0 Å². The van der Waals surface area contributed by atoms with E-state index in [1.807, 2.05) is 0 Å². The van der Waals surface area contributed by atoms with E-state index >= 15 is 0 Å². The van der Waals surface area contributed by atoms with Gasteiger partial charge in [0.1, 0.15) is 0 Å². The van der Waals surface area contributed by atoms with E-state index in [0.29, 0.717) is 0 Å². The van der Waals surface area contributed by atoms with Gasteiger partial charge in [0.15, 0.2) is 0 Å². The summed E-state index contributed by atoms with van der Waals surface area (Å²) in [6.45, 7) is 1.25. The van der Waals surface area contributed by atoms with Crippen LogP contribution in [0.4, 0.5) is 0 Å². The summed E-state index contributed by atoms with van der Waals surface area (Å²) in [6.07, 6.45) is -0.388. The van der Waals surface area contributed by atoms with Crippen molar-refractivity contribution in [3.63, 3.8) is 0 Å². The fourth-order valence-corrected chi connectivity index (χ4v) is 1.03. The third kappa shape index (κ3) is 1.67.